The van der Waals surface area contributed by atoms with Crippen LogP contribution < -0.4 is 10.1 Å². The van der Waals surface area contributed by atoms with Crippen molar-refractivity contribution in [3.63, 3.8) is 0 Å². The number of aromatic nitrogens is 1. The zero-order chi connectivity index (χ0) is 39.0. The molecule has 53 heavy (non-hydrogen) atoms. The summed E-state index contributed by atoms with van der Waals surface area (Å²) >= 11 is 0. The van der Waals surface area contributed by atoms with Crippen molar-refractivity contribution in [1.29, 1.82) is 0 Å². The van der Waals surface area contributed by atoms with Crippen molar-refractivity contribution < 1.29 is 51.7 Å². The molecule has 0 unspecified atom stereocenters. The third-order valence-corrected chi connectivity index (χ3v) is 8.08. The van der Waals surface area contributed by atoms with Crippen LogP contribution in [-0.4, -0.2) is 65.4 Å². The van der Waals surface area contributed by atoms with Gasteiger partial charge in [-0.15, -0.1) is 0 Å². The maximum Gasteiger partial charge on any atom is 0.416 e. The highest BCUT2D eigenvalue weighted by Crippen LogP contribution is 2.32. The fourth-order valence-electron chi connectivity index (χ4n) is 5.41. The lowest BCUT2D eigenvalue weighted by molar-refractivity contribution is -0.137. The minimum Gasteiger partial charge on any atom is -0.478 e. The molecule has 0 aliphatic carbocycles. The van der Waals surface area contributed by atoms with Crippen LogP contribution in [0.15, 0.2) is 66.7 Å². The van der Waals surface area contributed by atoms with E-state index in [0.717, 1.165) is 18.2 Å². The topological polar surface area (TPSA) is 152 Å². The van der Waals surface area contributed by atoms with E-state index < -0.39 is 41.5 Å². The molecule has 0 aliphatic heterocycles. The van der Waals surface area contributed by atoms with Gasteiger partial charge in [0.1, 0.15) is 11.3 Å². The number of nitrogens with zero attached hydrogens (tertiary/aromatic N) is 2. The van der Waals surface area contributed by atoms with Crippen molar-refractivity contribution in [3.8, 4) is 17.0 Å². The van der Waals surface area contributed by atoms with Crippen molar-refractivity contribution in [2.75, 3.05) is 26.0 Å². The highest BCUT2D eigenvalue weighted by Gasteiger charge is 2.30. The maximum absolute atomic E-state index is 13.6. The molecule has 0 atom stereocenters. The molecular formula is C39H38F3N3O8. The number of carboxylic acid groups (broad SMARTS) is 1. The summed E-state index contributed by atoms with van der Waals surface area (Å²) in [5.41, 5.74) is 1.24. The molecule has 0 fully saturated rings. The minimum absolute atomic E-state index is 0.0266. The third kappa shape index (κ3) is 9.84. The van der Waals surface area contributed by atoms with E-state index in [4.69, 9.17) is 9.47 Å². The van der Waals surface area contributed by atoms with Crippen LogP contribution in [0, 0.1) is 6.92 Å². The van der Waals surface area contributed by atoms with Gasteiger partial charge in [-0.25, -0.2) is 9.59 Å². The van der Waals surface area contributed by atoms with Gasteiger partial charge in [0.25, 0.3) is 11.8 Å². The molecule has 11 nitrogen and oxygen atoms in total. The van der Waals surface area contributed by atoms with Gasteiger partial charge in [0.15, 0.2) is 0 Å². The van der Waals surface area contributed by atoms with Gasteiger partial charge in [0.2, 0.25) is 0 Å². The first kappa shape index (κ1) is 39.7. The number of rotatable bonds is 13. The Morgan fingerprint density at radius 1 is 0.887 bits per heavy atom. The summed E-state index contributed by atoms with van der Waals surface area (Å²) < 4.78 is 50.0. The summed E-state index contributed by atoms with van der Waals surface area (Å²) in [6.45, 7) is 5.13. The van der Waals surface area contributed by atoms with Crippen LogP contribution in [0.25, 0.3) is 11.3 Å². The Labute approximate surface area is 303 Å². The highest BCUT2D eigenvalue weighted by molar-refractivity contribution is 6.11. The number of ether oxygens (including phenoxy) is 2. The first-order valence-corrected chi connectivity index (χ1v) is 16.6. The van der Waals surface area contributed by atoms with Crippen LogP contribution in [0.1, 0.15) is 90.5 Å². The molecule has 0 spiro atoms. The van der Waals surface area contributed by atoms with Crippen LogP contribution in [-0.2, 0) is 28.5 Å². The highest BCUT2D eigenvalue weighted by atomic mass is 19.4. The van der Waals surface area contributed by atoms with Crippen LogP contribution in [0.3, 0.4) is 0 Å². The molecule has 278 valence electrons. The third-order valence-electron chi connectivity index (χ3n) is 8.08. The molecule has 2 N–H and O–H groups in total. The summed E-state index contributed by atoms with van der Waals surface area (Å²) in [5.74, 6) is -4.00. The Kier molecular flexibility index (Phi) is 12.7. The number of halogens is 3. The second kappa shape index (κ2) is 17.0. The summed E-state index contributed by atoms with van der Waals surface area (Å²) in [7, 11) is 3.08. The first-order valence-electron chi connectivity index (χ1n) is 16.6. The zero-order valence-corrected chi connectivity index (χ0v) is 29.7. The van der Waals surface area contributed by atoms with Gasteiger partial charge in [-0.05, 0) is 92.8 Å². The molecule has 0 saturated heterocycles. The van der Waals surface area contributed by atoms with E-state index >= 15 is 0 Å². The Balaban J connectivity index is 1.52. The smallest absolute Gasteiger partial charge is 0.416 e. The fourth-order valence-corrected chi connectivity index (χ4v) is 5.41. The summed E-state index contributed by atoms with van der Waals surface area (Å²) in [6, 6.07) is 14.7. The predicted octanol–water partition coefficient (Wildman–Crippen LogP) is 7.40. The summed E-state index contributed by atoms with van der Waals surface area (Å²) in [5, 5.41) is 12.5. The SMILES string of the molecule is CCOC(=O)c1cc(CC)c(OC(=O)CCCc2ccc(NC(=O)c3ccc(C)nc3-c3ccc(C(F)(F)F)cc3)c(C(=O)N(C)C)c2)c(C(=O)O)c1. The summed E-state index contributed by atoms with van der Waals surface area (Å²) in [4.78, 5) is 69.7. The monoisotopic (exact) mass is 733 g/mol. The number of aryl methyl sites for hydroxylation is 3. The Morgan fingerprint density at radius 3 is 2.19 bits per heavy atom. The van der Waals surface area contributed by atoms with E-state index in [2.05, 4.69) is 10.3 Å². The van der Waals surface area contributed by atoms with Crippen molar-refractivity contribution in [2.24, 2.45) is 0 Å². The number of hydrogen-bond acceptors (Lipinski definition) is 8. The average Bonchev–Trinajstić information content (AvgIpc) is 3.11. The lowest BCUT2D eigenvalue weighted by atomic mass is 10.0. The molecule has 14 heteroatoms. The number of carbonyl (C=O) groups is 5. The second-order valence-electron chi connectivity index (χ2n) is 12.2. The largest absolute Gasteiger partial charge is 0.478 e. The Bertz CT molecular complexity index is 2040. The first-order chi connectivity index (χ1) is 25.0. The number of esters is 2. The predicted molar refractivity (Wildman–Crippen MR) is 189 cm³/mol. The Morgan fingerprint density at radius 2 is 1.58 bits per heavy atom. The average molecular weight is 734 g/mol. The number of carboxylic acids is 1. The number of aromatic carboxylic acids is 1. The lowest BCUT2D eigenvalue weighted by Crippen LogP contribution is -2.24. The lowest BCUT2D eigenvalue weighted by Gasteiger charge is -2.17. The van der Waals surface area contributed by atoms with Crippen molar-refractivity contribution in [2.45, 2.75) is 52.6 Å². The number of amides is 2. The van der Waals surface area contributed by atoms with Gasteiger partial charge in [-0.2, -0.15) is 13.2 Å². The normalized spacial score (nSPS) is 11.1. The number of benzene rings is 3. The zero-order valence-electron chi connectivity index (χ0n) is 29.7. The molecule has 1 heterocycles. The van der Waals surface area contributed by atoms with Crippen LogP contribution >= 0.6 is 0 Å². The standard InChI is InChI=1S/C39H38F3N3O8/c1-6-24-20-26(38(51)52-7-2)21-30(37(49)50)34(24)53-32(46)10-8-9-23-12-18-31(29(19-23)36(48)45(4)5)44-35(47)28-17-11-22(3)43-33(28)25-13-15-27(16-14-25)39(40,41)42/h11-21H,6-10H2,1-5H3,(H,44,47)(H,49,50). The molecule has 0 radical (unpaired) electrons. The number of pyridine rings is 1. The second-order valence-corrected chi connectivity index (χ2v) is 12.2. The number of hydrogen-bond donors (Lipinski definition) is 2. The van der Waals surface area contributed by atoms with E-state index in [1.165, 1.54) is 29.2 Å². The maximum atomic E-state index is 13.6. The fraction of sp³-hybridized carbons (Fsp3) is 0.282. The van der Waals surface area contributed by atoms with Gasteiger partial charge < -0.3 is 24.8 Å². The van der Waals surface area contributed by atoms with Crippen LogP contribution in [0.4, 0.5) is 18.9 Å². The molecule has 4 rings (SSSR count). The van der Waals surface area contributed by atoms with E-state index in [1.807, 2.05) is 0 Å². The van der Waals surface area contributed by atoms with E-state index in [1.54, 1.807) is 59.1 Å². The quantitative estimate of drug-likeness (QED) is 0.106. The molecular weight excluding hydrogens is 695 g/mol. The molecule has 0 aliphatic rings. The number of alkyl halides is 3. The van der Waals surface area contributed by atoms with Gasteiger partial charge in [-0.1, -0.05) is 25.1 Å². The van der Waals surface area contributed by atoms with Crippen molar-refractivity contribution in [1.82, 2.24) is 9.88 Å². The molecule has 0 saturated carbocycles. The van der Waals surface area contributed by atoms with Gasteiger partial charge in [-0.3, -0.25) is 19.4 Å². The molecule has 0 bridgehead atoms. The van der Waals surface area contributed by atoms with E-state index in [9.17, 15) is 42.3 Å². The van der Waals surface area contributed by atoms with Gasteiger partial charge in [0, 0.05) is 31.8 Å². The molecule has 1 aromatic heterocycles. The van der Waals surface area contributed by atoms with Crippen LogP contribution in [0.2, 0.25) is 0 Å². The number of anilines is 1. The van der Waals surface area contributed by atoms with Gasteiger partial charge >= 0.3 is 24.1 Å². The number of nitrogens with one attached hydrogen (secondary N) is 1. The molecule has 2 amide bonds. The molecule has 3 aromatic carbocycles. The molecule has 4 aromatic rings. The van der Waals surface area contributed by atoms with Crippen LogP contribution in [0.5, 0.6) is 5.75 Å². The van der Waals surface area contributed by atoms with Gasteiger partial charge in [0.05, 0.1) is 40.2 Å². The van der Waals surface area contributed by atoms with E-state index in [0.29, 0.717) is 28.8 Å². The van der Waals surface area contributed by atoms with Crippen molar-refractivity contribution >= 4 is 35.4 Å². The number of carbonyl (C=O) groups excluding carboxylic acids is 4. The minimum atomic E-state index is -4.53. The van der Waals surface area contributed by atoms with Crippen molar-refractivity contribution in [3.05, 3.63) is 111 Å². The Hall–Kier alpha value is -6.05. The van der Waals surface area contributed by atoms with E-state index in [-0.39, 0.29) is 65.3 Å². The summed E-state index contributed by atoms with van der Waals surface area (Å²) in [6.07, 6.45) is -3.79.